The van der Waals surface area contributed by atoms with E-state index in [0.717, 1.165) is 5.56 Å². The third-order valence-electron chi connectivity index (χ3n) is 6.61. The molecule has 0 aliphatic carbocycles. The van der Waals surface area contributed by atoms with Crippen molar-refractivity contribution in [2.24, 2.45) is 0 Å². The first kappa shape index (κ1) is 29.8. The number of nitrogens with zero attached hydrogens (tertiary/aromatic N) is 2. The molecule has 0 radical (unpaired) electrons. The first-order valence-corrected chi connectivity index (χ1v) is 14.8. The zero-order valence-electron chi connectivity index (χ0n) is 23.4. The number of ether oxygens (including phenoxy) is 1. The largest absolute Gasteiger partial charge is 0.469 e. The molecule has 1 heterocycles. The van der Waals surface area contributed by atoms with Crippen LogP contribution >= 0.6 is 0 Å². The Kier molecular flexibility index (Phi) is 9.09. The van der Waals surface area contributed by atoms with Crippen molar-refractivity contribution in [2.75, 3.05) is 55.5 Å². The Hall–Kier alpha value is -4.22. The number of fused-ring (bicyclic) bond motifs is 1. The van der Waals surface area contributed by atoms with Crippen LogP contribution in [0.1, 0.15) is 23.1 Å². The van der Waals surface area contributed by atoms with Gasteiger partial charge < -0.3 is 20.3 Å². The molecule has 0 aromatic heterocycles. The Labute approximate surface area is 239 Å². The van der Waals surface area contributed by atoms with Gasteiger partial charge in [-0.2, -0.15) is 0 Å². The highest BCUT2D eigenvalue weighted by Gasteiger charge is 2.29. The molecule has 0 saturated carbocycles. The first-order valence-electron chi connectivity index (χ1n) is 13.0. The minimum absolute atomic E-state index is 0.202. The van der Waals surface area contributed by atoms with Crippen molar-refractivity contribution in [2.45, 2.75) is 12.8 Å². The van der Waals surface area contributed by atoms with Gasteiger partial charge in [0, 0.05) is 30.8 Å². The monoisotopic (exact) mass is 580 g/mol. The summed E-state index contributed by atoms with van der Waals surface area (Å²) in [6.45, 7) is 0.838. The number of amides is 1. The van der Waals surface area contributed by atoms with Gasteiger partial charge in [-0.3, -0.25) is 13.9 Å². The molecule has 3 aromatic carbocycles. The van der Waals surface area contributed by atoms with Crippen LogP contribution < -0.4 is 14.9 Å². The smallest absolute Gasteiger partial charge is 0.305 e. The molecule has 1 amide bonds. The van der Waals surface area contributed by atoms with Crippen LogP contribution in [0, 0.1) is 5.82 Å². The van der Waals surface area contributed by atoms with E-state index in [-0.39, 0.29) is 12.4 Å². The lowest BCUT2D eigenvalue weighted by atomic mass is 9.97. The second kappa shape index (κ2) is 12.5. The maximum atomic E-state index is 13.9. The molecule has 3 aromatic rings. The highest BCUT2D eigenvalue weighted by Crippen LogP contribution is 2.38. The fourth-order valence-corrected chi connectivity index (χ4v) is 5.45. The number of rotatable bonds is 11. The highest BCUT2D eigenvalue weighted by atomic mass is 32.2. The van der Waals surface area contributed by atoms with Gasteiger partial charge in [0.2, 0.25) is 10.0 Å². The molecule has 216 valence electrons. The third kappa shape index (κ3) is 7.30. The number of hydrogen-bond acceptors (Lipinski definition) is 7. The summed E-state index contributed by atoms with van der Waals surface area (Å²) in [6.07, 6.45) is 1.82. The van der Waals surface area contributed by atoms with Gasteiger partial charge in [-0.05, 0) is 80.2 Å². The quantitative estimate of drug-likeness (QED) is 0.259. The van der Waals surface area contributed by atoms with E-state index >= 15 is 0 Å². The molecule has 1 aliphatic rings. The molecular weight excluding hydrogens is 547 g/mol. The summed E-state index contributed by atoms with van der Waals surface area (Å²) in [4.78, 5) is 26.8. The van der Waals surface area contributed by atoms with Gasteiger partial charge in [0.1, 0.15) is 5.82 Å². The molecule has 11 heteroatoms. The molecule has 2 N–H and O–H groups in total. The van der Waals surface area contributed by atoms with Crippen LogP contribution in [0.25, 0.3) is 11.3 Å². The van der Waals surface area contributed by atoms with Gasteiger partial charge in [-0.1, -0.05) is 18.2 Å². The van der Waals surface area contributed by atoms with Crippen molar-refractivity contribution in [1.29, 1.82) is 0 Å². The van der Waals surface area contributed by atoms with Gasteiger partial charge in [0.05, 0.1) is 36.0 Å². The lowest BCUT2D eigenvalue weighted by Crippen LogP contribution is -2.35. The number of carbonyl (C=O) groups is 2. The predicted molar refractivity (Wildman–Crippen MR) is 159 cm³/mol. The molecule has 0 saturated heterocycles. The fraction of sp³-hybridized carbons (Fsp3) is 0.267. The fourth-order valence-electron chi connectivity index (χ4n) is 4.54. The zero-order chi connectivity index (χ0) is 29.7. The molecule has 0 bridgehead atoms. The van der Waals surface area contributed by atoms with E-state index in [1.54, 1.807) is 30.3 Å². The lowest BCUT2D eigenvalue weighted by molar-refractivity contribution is -0.140. The Balaban J connectivity index is 1.75. The van der Waals surface area contributed by atoms with Gasteiger partial charge in [-0.25, -0.2) is 12.8 Å². The number of anilines is 3. The second-order valence-corrected chi connectivity index (χ2v) is 11.9. The lowest BCUT2D eigenvalue weighted by Gasteiger charge is -2.24. The molecular formula is C30H33FN4O5S. The summed E-state index contributed by atoms with van der Waals surface area (Å²) in [5.41, 5.74) is 4.40. The zero-order valence-corrected chi connectivity index (χ0v) is 24.2. The van der Waals surface area contributed by atoms with Crippen LogP contribution in [0.4, 0.5) is 21.5 Å². The average molecular weight is 581 g/mol. The van der Waals surface area contributed by atoms with Crippen molar-refractivity contribution < 1.29 is 27.1 Å². The third-order valence-corrected chi connectivity index (χ3v) is 7.81. The second-order valence-electron chi connectivity index (χ2n) is 9.98. The SMILES string of the molecule is COC(=O)CCc1cccc(C(Nc2ccc(N(CCN(C)C)S(C)(=O)=O)cc2)=C2C(=O)Nc3cc(F)ccc32)c1. The number of carbonyl (C=O) groups excluding carboxylic acids is 2. The number of esters is 1. The molecule has 4 rings (SSSR count). The van der Waals surface area contributed by atoms with Crippen molar-refractivity contribution in [3.05, 3.63) is 89.2 Å². The van der Waals surface area contributed by atoms with Gasteiger partial charge in [0.25, 0.3) is 5.91 Å². The molecule has 1 aliphatic heterocycles. The summed E-state index contributed by atoms with van der Waals surface area (Å²) < 4.78 is 45.0. The number of benzene rings is 3. The van der Waals surface area contributed by atoms with E-state index in [4.69, 9.17) is 4.74 Å². The number of nitrogens with one attached hydrogen (secondary N) is 2. The van der Waals surface area contributed by atoms with E-state index in [2.05, 4.69) is 10.6 Å². The number of hydrogen-bond donors (Lipinski definition) is 2. The Bertz CT molecular complexity index is 1590. The first-order chi connectivity index (χ1) is 19.5. The normalized spacial score (nSPS) is 14.0. The summed E-state index contributed by atoms with van der Waals surface area (Å²) in [5.74, 6) is -1.19. The van der Waals surface area contributed by atoms with Crippen LogP contribution in [-0.2, 0) is 30.8 Å². The van der Waals surface area contributed by atoms with Crippen LogP contribution in [-0.4, -0.2) is 65.7 Å². The average Bonchev–Trinajstić information content (AvgIpc) is 3.24. The van der Waals surface area contributed by atoms with Crippen LogP contribution in [0.5, 0.6) is 0 Å². The van der Waals surface area contributed by atoms with Gasteiger partial charge in [-0.15, -0.1) is 0 Å². The minimum Gasteiger partial charge on any atom is -0.469 e. The highest BCUT2D eigenvalue weighted by molar-refractivity contribution is 7.92. The standard InChI is InChI=1S/C30H33FN4O5S/c1-34(2)16-17-35(41(4,38)39)24-12-10-23(11-13-24)32-29(21-7-5-6-20(18-21)8-15-27(36)40-3)28-25-14-9-22(31)19-26(25)33-30(28)37/h5-7,9-14,18-19,32H,8,15-17H2,1-4H3,(H,33,37). The van der Waals surface area contributed by atoms with Gasteiger partial charge in [0.15, 0.2) is 0 Å². The number of sulfonamides is 1. The number of likely N-dealkylation sites (N-methyl/N-ethyl adjacent to an activating group) is 1. The van der Waals surface area contributed by atoms with E-state index < -0.39 is 21.7 Å². The Morgan fingerprint density at radius 2 is 1.76 bits per heavy atom. The van der Waals surface area contributed by atoms with Crippen molar-refractivity contribution in [3.63, 3.8) is 0 Å². The minimum atomic E-state index is -3.51. The Morgan fingerprint density at radius 1 is 1.02 bits per heavy atom. The molecule has 0 atom stereocenters. The summed E-state index contributed by atoms with van der Waals surface area (Å²) in [5, 5.41) is 6.07. The maximum absolute atomic E-state index is 13.9. The topological polar surface area (TPSA) is 108 Å². The predicted octanol–water partition coefficient (Wildman–Crippen LogP) is 4.19. The Morgan fingerprint density at radius 3 is 2.41 bits per heavy atom. The molecule has 0 unspecified atom stereocenters. The van der Waals surface area contributed by atoms with E-state index in [9.17, 15) is 22.4 Å². The van der Waals surface area contributed by atoms with Crippen LogP contribution in [0.15, 0.2) is 66.7 Å². The maximum Gasteiger partial charge on any atom is 0.305 e. The molecule has 41 heavy (non-hydrogen) atoms. The molecule has 0 spiro atoms. The van der Waals surface area contributed by atoms with Gasteiger partial charge >= 0.3 is 5.97 Å². The molecule has 9 nitrogen and oxygen atoms in total. The number of halogens is 1. The van der Waals surface area contributed by atoms with E-state index in [0.29, 0.717) is 59.0 Å². The van der Waals surface area contributed by atoms with Crippen molar-refractivity contribution >= 4 is 50.2 Å². The van der Waals surface area contributed by atoms with Crippen LogP contribution in [0.2, 0.25) is 0 Å². The van der Waals surface area contributed by atoms with Crippen LogP contribution in [0.3, 0.4) is 0 Å². The van der Waals surface area contributed by atoms with Crippen molar-refractivity contribution in [1.82, 2.24) is 4.90 Å². The van der Waals surface area contributed by atoms with E-state index in [1.807, 2.05) is 43.3 Å². The number of aryl methyl sites for hydroxylation is 1. The summed E-state index contributed by atoms with van der Waals surface area (Å²) in [7, 11) is 1.58. The molecule has 0 fully saturated rings. The summed E-state index contributed by atoms with van der Waals surface area (Å²) >= 11 is 0. The number of methoxy groups -OCH3 is 1. The van der Waals surface area contributed by atoms with Crippen molar-refractivity contribution in [3.8, 4) is 0 Å². The van der Waals surface area contributed by atoms with E-state index in [1.165, 1.54) is 29.8 Å². The summed E-state index contributed by atoms with van der Waals surface area (Å²) in [6, 6.07) is 18.4.